The van der Waals surface area contributed by atoms with Crippen molar-refractivity contribution in [1.29, 1.82) is 0 Å². The second-order valence-corrected chi connectivity index (χ2v) is 5.56. The fourth-order valence-corrected chi connectivity index (χ4v) is 2.62. The van der Waals surface area contributed by atoms with Crippen molar-refractivity contribution in [2.45, 2.75) is 26.2 Å². The highest BCUT2D eigenvalue weighted by atomic mass is 32.1. The summed E-state index contributed by atoms with van der Waals surface area (Å²) in [6.45, 7) is 6.49. The van der Waals surface area contributed by atoms with Gasteiger partial charge in [0, 0.05) is 6.54 Å². The van der Waals surface area contributed by atoms with Crippen LogP contribution >= 0.6 is 12.2 Å². The average molecular weight is 278 g/mol. The van der Waals surface area contributed by atoms with Gasteiger partial charge in [0.1, 0.15) is 0 Å². The number of nitrogens with one attached hydrogen (secondary N) is 2. The topological polar surface area (TPSA) is 19.7 Å². The van der Waals surface area contributed by atoms with Crippen molar-refractivity contribution in [2.75, 3.05) is 26.4 Å². The maximum Gasteiger partial charge on any atom is 0.177 e. The summed E-state index contributed by atoms with van der Waals surface area (Å²) in [5, 5.41) is 4.26. The van der Waals surface area contributed by atoms with Crippen LogP contribution in [0.4, 0.5) is 0 Å². The first-order valence-corrected chi connectivity index (χ1v) is 7.60. The third kappa shape index (κ3) is 4.48. The molecule has 19 heavy (non-hydrogen) atoms. The summed E-state index contributed by atoms with van der Waals surface area (Å²) in [5.41, 5.74) is 1.38. The SMILES string of the molecule is CCCC[NH+]1CNC(=S)N(CCc2ccccc2)C1. The van der Waals surface area contributed by atoms with Crippen molar-refractivity contribution in [3.05, 3.63) is 35.9 Å². The van der Waals surface area contributed by atoms with Gasteiger partial charge in [-0.3, -0.25) is 0 Å². The molecule has 0 amide bonds. The molecule has 1 aliphatic heterocycles. The Morgan fingerprint density at radius 3 is 2.84 bits per heavy atom. The largest absolute Gasteiger partial charge is 0.316 e. The van der Waals surface area contributed by atoms with Crippen LogP contribution in [0.3, 0.4) is 0 Å². The van der Waals surface area contributed by atoms with Crippen LogP contribution in [0.25, 0.3) is 0 Å². The van der Waals surface area contributed by atoms with Crippen LogP contribution in [0.15, 0.2) is 30.3 Å². The fourth-order valence-electron chi connectivity index (χ4n) is 2.39. The smallest absolute Gasteiger partial charge is 0.177 e. The maximum atomic E-state index is 5.41. The summed E-state index contributed by atoms with van der Waals surface area (Å²) in [6.07, 6.45) is 3.61. The Labute approximate surface area is 121 Å². The Hall–Kier alpha value is -1.13. The quantitative estimate of drug-likeness (QED) is 0.758. The van der Waals surface area contributed by atoms with Gasteiger partial charge in [0.25, 0.3) is 0 Å². The van der Waals surface area contributed by atoms with E-state index in [1.54, 1.807) is 4.90 Å². The number of hydrogen-bond acceptors (Lipinski definition) is 1. The summed E-state index contributed by atoms with van der Waals surface area (Å²) in [7, 11) is 0. The monoisotopic (exact) mass is 278 g/mol. The van der Waals surface area contributed by atoms with Gasteiger partial charge in [0.05, 0.1) is 6.54 Å². The number of rotatable bonds is 6. The van der Waals surface area contributed by atoms with Crippen molar-refractivity contribution >= 4 is 17.3 Å². The van der Waals surface area contributed by atoms with Crippen molar-refractivity contribution in [2.24, 2.45) is 0 Å². The Balaban J connectivity index is 1.82. The third-order valence-electron chi connectivity index (χ3n) is 3.59. The molecule has 0 bridgehead atoms. The zero-order valence-electron chi connectivity index (χ0n) is 11.7. The summed E-state index contributed by atoms with van der Waals surface area (Å²) in [4.78, 5) is 3.89. The van der Waals surface area contributed by atoms with Crippen LogP contribution in [-0.4, -0.2) is 36.4 Å². The van der Waals surface area contributed by atoms with Crippen molar-refractivity contribution in [3.8, 4) is 0 Å². The molecule has 1 aliphatic rings. The molecule has 1 unspecified atom stereocenters. The van der Waals surface area contributed by atoms with Crippen LogP contribution in [-0.2, 0) is 6.42 Å². The maximum absolute atomic E-state index is 5.41. The zero-order chi connectivity index (χ0) is 13.5. The predicted octanol–water partition coefficient (Wildman–Crippen LogP) is 1.02. The van der Waals surface area contributed by atoms with Gasteiger partial charge in [-0.2, -0.15) is 0 Å². The Morgan fingerprint density at radius 2 is 2.11 bits per heavy atom. The molecule has 3 nitrogen and oxygen atoms in total. The molecule has 1 heterocycles. The summed E-state index contributed by atoms with van der Waals surface area (Å²) < 4.78 is 0. The van der Waals surface area contributed by atoms with E-state index in [9.17, 15) is 0 Å². The van der Waals surface area contributed by atoms with Gasteiger partial charge in [-0.25, -0.2) is 0 Å². The number of unbranched alkanes of at least 4 members (excludes halogenated alkanes) is 1. The molecular formula is C15H24N3S+. The molecule has 0 saturated carbocycles. The lowest BCUT2D eigenvalue weighted by Gasteiger charge is -2.35. The van der Waals surface area contributed by atoms with Gasteiger partial charge in [0.15, 0.2) is 18.4 Å². The first-order valence-electron chi connectivity index (χ1n) is 7.20. The molecule has 1 fully saturated rings. The van der Waals surface area contributed by atoms with E-state index in [1.807, 2.05) is 0 Å². The Kier molecular flexibility index (Phi) is 5.61. The number of thiocarbonyl (C=S) groups is 1. The first kappa shape index (κ1) is 14.3. The average Bonchev–Trinajstić information content (AvgIpc) is 2.46. The predicted molar refractivity (Wildman–Crippen MR) is 83.1 cm³/mol. The van der Waals surface area contributed by atoms with E-state index < -0.39 is 0 Å². The van der Waals surface area contributed by atoms with E-state index in [0.29, 0.717) is 0 Å². The number of quaternary nitrogens is 1. The highest BCUT2D eigenvalue weighted by molar-refractivity contribution is 7.80. The lowest BCUT2D eigenvalue weighted by molar-refractivity contribution is -0.914. The molecule has 0 aromatic heterocycles. The van der Waals surface area contributed by atoms with E-state index in [2.05, 4.69) is 47.5 Å². The third-order valence-corrected chi connectivity index (χ3v) is 3.99. The molecule has 104 valence electrons. The lowest BCUT2D eigenvalue weighted by Crippen LogP contribution is -3.17. The molecule has 0 radical (unpaired) electrons. The second kappa shape index (κ2) is 7.46. The van der Waals surface area contributed by atoms with Crippen LogP contribution in [0, 0.1) is 0 Å². The lowest BCUT2D eigenvalue weighted by atomic mass is 10.1. The van der Waals surface area contributed by atoms with Crippen LogP contribution in [0.1, 0.15) is 25.3 Å². The molecule has 1 aromatic rings. The van der Waals surface area contributed by atoms with Crippen molar-refractivity contribution in [1.82, 2.24) is 10.2 Å². The van der Waals surface area contributed by atoms with E-state index in [-0.39, 0.29) is 0 Å². The number of hydrogen-bond donors (Lipinski definition) is 2. The molecule has 2 N–H and O–H groups in total. The molecule has 2 rings (SSSR count). The van der Waals surface area contributed by atoms with Crippen LogP contribution in [0.5, 0.6) is 0 Å². The fraction of sp³-hybridized carbons (Fsp3) is 0.533. The van der Waals surface area contributed by atoms with E-state index >= 15 is 0 Å². The van der Waals surface area contributed by atoms with Gasteiger partial charge in [-0.1, -0.05) is 43.7 Å². The molecule has 0 aliphatic carbocycles. The standard InChI is InChI=1S/C15H23N3S/c1-2-3-10-17-12-16-15(19)18(13-17)11-9-14-7-5-4-6-8-14/h4-8H,2-3,9-13H2,1H3,(H,16,19)/p+1. The second-order valence-electron chi connectivity index (χ2n) is 5.17. The van der Waals surface area contributed by atoms with Gasteiger partial charge < -0.3 is 15.1 Å². The number of nitrogens with zero attached hydrogens (tertiary/aromatic N) is 1. The highest BCUT2D eigenvalue weighted by Gasteiger charge is 2.22. The molecular weight excluding hydrogens is 254 g/mol. The Bertz CT molecular complexity index is 394. The van der Waals surface area contributed by atoms with Gasteiger partial charge in [-0.05, 0) is 30.6 Å². The molecule has 1 atom stereocenters. The Morgan fingerprint density at radius 1 is 1.32 bits per heavy atom. The molecule has 1 saturated heterocycles. The van der Waals surface area contributed by atoms with Gasteiger partial charge in [-0.15, -0.1) is 0 Å². The summed E-state index contributed by atoms with van der Waals surface area (Å²) in [5.74, 6) is 0. The zero-order valence-corrected chi connectivity index (χ0v) is 12.5. The first-order chi connectivity index (χ1) is 9.29. The minimum absolute atomic E-state index is 0.913. The van der Waals surface area contributed by atoms with Crippen LogP contribution < -0.4 is 10.2 Å². The van der Waals surface area contributed by atoms with Crippen LogP contribution in [0.2, 0.25) is 0 Å². The van der Waals surface area contributed by atoms with Gasteiger partial charge >= 0.3 is 0 Å². The normalized spacial score (nSPS) is 19.3. The highest BCUT2D eigenvalue weighted by Crippen LogP contribution is 2.01. The molecule has 0 spiro atoms. The minimum Gasteiger partial charge on any atom is -0.316 e. The van der Waals surface area contributed by atoms with E-state index in [0.717, 1.165) is 31.4 Å². The number of benzene rings is 1. The van der Waals surface area contributed by atoms with E-state index in [1.165, 1.54) is 24.9 Å². The van der Waals surface area contributed by atoms with Crippen molar-refractivity contribution in [3.63, 3.8) is 0 Å². The summed E-state index contributed by atoms with van der Waals surface area (Å²) in [6, 6.07) is 10.6. The molecule has 4 heteroatoms. The minimum atomic E-state index is 0.913. The van der Waals surface area contributed by atoms with E-state index in [4.69, 9.17) is 12.2 Å². The summed E-state index contributed by atoms with van der Waals surface area (Å²) >= 11 is 5.41. The van der Waals surface area contributed by atoms with Crippen molar-refractivity contribution < 1.29 is 4.90 Å². The molecule has 1 aromatic carbocycles. The van der Waals surface area contributed by atoms with Gasteiger partial charge in [0.2, 0.25) is 0 Å².